The number of hydrogen-bond acceptors (Lipinski definition) is 4. The summed E-state index contributed by atoms with van der Waals surface area (Å²) in [7, 11) is 0. The van der Waals surface area contributed by atoms with E-state index in [-0.39, 0.29) is 24.1 Å². The van der Waals surface area contributed by atoms with Gasteiger partial charge in [0.15, 0.2) is 0 Å². The first kappa shape index (κ1) is 12.8. The number of hydrogen-bond donors (Lipinski definition) is 1. The molecule has 1 atom stereocenters. The van der Waals surface area contributed by atoms with Crippen molar-refractivity contribution >= 4 is 27.5 Å². The van der Waals surface area contributed by atoms with Gasteiger partial charge in [0, 0.05) is 6.04 Å². The Kier molecular flexibility index (Phi) is 3.76. The minimum Gasteiger partial charge on any atom is -0.352 e. The van der Waals surface area contributed by atoms with Gasteiger partial charge in [-0.1, -0.05) is 6.92 Å². The van der Waals surface area contributed by atoms with E-state index in [0.717, 1.165) is 6.42 Å². The molecule has 96 valence electrons. The number of carbonyl (C=O) groups excluding carboxylic acids is 1. The van der Waals surface area contributed by atoms with E-state index in [1.807, 2.05) is 19.2 Å². The summed E-state index contributed by atoms with van der Waals surface area (Å²) in [6.45, 7) is 3.94. The van der Waals surface area contributed by atoms with Gasteiger partial charge in [-0.2, -0.15) is 0 Å². The maximum Gasteiger partial charge on any atom is 0.262 e. The van der Waals surface area contributed by atoms with E-state index in [2.05, 4.69) is 10.3 Å². The molecule has 1 unspecified atom stereocenters. The maximum absolute atomic E-state index is 12.0. The van der Waals surface area contributed by atoms with Gasteiger partial charge in [0.05, 0.1) is 11.7 Å². The summed E-state index contributed by atoms with van der Waals surface area (Å²) in [5.41, 5.74) is -0.166. The van der Waals surface area contributed by atoms with Crippen LogP contribution in [0.25, 0.3) is 10.2 Å². The third-order valence-electron chi connectivity index (χ3n) is 2.78. The largest absolute Gasteiger partial charge is 0.352 e. The molecule has 0 fully saturated rings. The molecular weight excluding hydrogens is 250 g/mol. The highest BCUT2D eigenvalue weighted by Gasteiger charge is 2.10. The molecule has 18 heavy (non-hydrogen) atoms. The summed E-state index contributed by atoms with van der Waals surface area (Å²) < 4.78 is 1.34. The average molecular weight is 265 g/mol. The summed E-state index contributed by atoms with van der Waals surface area (Å²) in [6.07, 6.45) is 2.29. The SMILES string of the molecule is CCC(C)NC(=O)Cn1cnc2sccc2c1=O. The number of carbonyl (C=O) groups is 1. The Morgan fingerprint density at radius 1 is 1.61 bits per heavy atom. The second-order valence-electron chi connectivity index (χ2n) is 4.19. The van der Waals surface area contributed by atoms with Crippen LogP contribution in [0.2, 0.25) is 0 Å². The Morgan fingerprint density at radius 2 is 2.39 bits per heavy atom. The van der Waals surface area contributed by atoms with Crippen molar-refractivity contribution in [3.05, 3.63) is 28.1 Å². The Balaban J connectivity index is 2.19. The van der Waals surface area contributed by atoms with Crippen LogP contribution in [-0.4, -0.2) is 21.5 Å². The van der Waals surface area contributed by atoms with Gasteiger partial charge < -0.3 is 5.32 Å². The summed E-state index contributed by atoms with van der Waals surface area (Å²) in [4.78, 5) is 28.6. The summed E-state index contributed by atoms with van der Waals surface area (Å²) in [6, 6.07) is 1.85. The highest BCUT2D eigenvalue weighted by atomic mass is 32.1. The van der Waals surface area contributed by atoms with Crippen LogP contribution >= 0.6 is 11.3 Å². The molecule has 6 heteroatoms. The highest BCUT2D eigenvalue weighted by Crippen LogP contribution is 2.13. The molecule has 5 nitrogen and oxygen atoms in total. The lowest BCUT2D eigenvalue weighted by Crippen LogP contribution is -2.37. The van der Waals surface area contributed by atoms with Gasteiger partial charge in [-0.3, -0.25) is 14.2 Å². The molecule has 0 radical (unpaired) electrons. The molecule has 1 amide bonds. The number of fused-ring (bicyclic) bond motifs is 1. The average Bonchev–Trinajstić information content (AvgIpc) is 2.81. The van der Waals surface area contributed by atoms with Crippen LogP contribution in [0.5, 0.6) is 0 Å². The predicted octanol–water partition coefficient (Wildman–Crippen LogP) is 1.37. The number of amides is 1. The van der Waals surface area contributed by atoms with Gasteiger partial charge in [-0.05, 0) is 24.8 Å². The minimum absolute atomic E-state index is 0.0158. The third-order valence-corrected chi connectivity index (χ3v) is 3.60. The summed E-state index contributed by atoms with van der Waals surface area (Å²) in [5, 5.41) is 5.21. The molecule has 0 aliphatic carbocycles. The predicted molar refractivity (Wildman–Crippen MR) is 71.8 cm³/mol. The van der Waals surface area contributed by atoms with E-state index in [1.54, 1.807) is 6.07 Å². The van der Waals surface area contributed by atoms with Crippen molar-refractivity contribution in [2.45, 2.75) is 32.9 Å². The standard InChI is InChI=1S/C12H15N3O2S/c1-3-8(2)14-10(16)6-15-7-13-11-9(12(15)17)4-5-18-11/h4-5,7-8H,3,6H2,1-2H3,(H,14,16). The second kappa shape index (κ2) is 5.30. The van der Waals surface area contributed by atoms with Crippen LogP contribution in [0.1, 0.15) is 20.3 Å². The first-order valence-electron chi connectivity index (χ1n) is 5.83. The maximum atomic E-state index is 12.0. The molecule has 2 heterocycles. The lowest BCUT2D eigenvalue weighted by molar-refractivity contribution is -0.122. The molecule has 2 aromatic heterocycles. The van der Waals surface area contributed by atoms with Crippen LogP contribution < -0.4 is 10.9 Å². The van der Waals surface area contributed by atoms with Gasteiger partial charge >= 0.3 is 0 Å². The molecule has 0 aromatic carbocycles. The van der Waals surface area contributed by atoms with Crippen molar-refractivity contribution in [3.63, 3.8) is 0 Å². The van der Waals surface area contributed by atoms with Crippen molar-refractivity contribution in [1.29, 1.82) is 0 Å². The number of aromatic nitrogens is 2. The lowest BCUT2D eigenvalue weighted by atomic mass is 10.2. The van der Waals surface area contributed by atoms with E-state index in [1.165, 1.54) is 22.2 Å². The minimum atomic E-state index is -0.166. The Labute approximate surface area is 108 Å². The lowest BCUT2D eigenvalue weighted by Gasteiger charge is -2.11. The topological polar surface area (TPSA) is 64.0 Å². The molecule has 0 bridgehead atoms. The smallest absolute Gasteiger partial charge is 0.262 e. The van der Waals surface area contributed by atoms with E-state index in [4.69, 9.17) is 0 Å². The van der Waals surface area contributed by atoms with Gasteiger partial charge in [-0.25, -0.2) is 4.98 Å². The number of nitrogens with zero attached hydrogens (tertiary/aromatic N) is 2. The molecule has 0 aliphatic heterocycles. The van der Waals surface area contributed by atoms with Gasteiger partial charge in [0.2, 0.25) is 5.91 Å². The van der Waals surface area contributed by atoms with E-state index >= 15 is 0 Å². The second-order valence-corrected chi connectivity index (χ2v) is 5.09. The Bertz CT molecular complexity index is 617. The number of thiophene rings is 1. The van der Waals surface area contributed by atoms with Crippen molar-refractivity contribution in [2.75, 3.05) is 0 Å². The fraction of sp³-hybridized carbons (Fsp3) is 0.417. The van der Waals surface area contributed by atoms with Gasteiger partial charge in [0.1, 0.15) is 11.4 Å². The van der Waals surface area contributed by atoms with E-state index < -0.39 is 0 Å². The van der Waals surface area contributed by atoms with E-state index in [0.29, 0.717) is 10.2 Å². The zero-order valence-electron chi connectivity index (χ0n) is 10.3. The van der Waals surface area contributed by atoms with Crippen molar-refractivity contribution < 1.29 is 4.79 Å². The normalized spacial score (nSPS) is 12.6. The van der Waals surface area contributed by atoms with Gasteiger partial charge in [-0.15, -0.1) is 11.3 Å². The molecule has 0 spiro atoms. The van der Waals surface area contributed by atoms with Crippen LogP contribution in [-0.2, 0) is 11.3 Å². The molecule has 0 aliphatic rings. The molecule has 0 saturated carbocycles. The van der Waals surface area contributed by atoms with Gasteiger partial charge in [0.25, 0.3) is 5.56 Å². The van der Waals surface area contributed by atoms with Crippen molar-refractivity contribution in [2.24, 2.45) is 0 Å². The number of rotatable bonds is 4. The molecule has 2 aromatic rings. The van der Waals surface area contributed by atoms with Crippen LogP contribution in [0.4, 0.5) is 0 Å². The molecule has 2 rings (SSSR count). The monoisotopic (exact) mass is 265 g/mol. The Morgan fingerprint density at radius 3 is 3.11 bits per heavy atom. The van der Waals surface area contributed by atoms with Crippen molar-refractivity contribution in [1.82, 2.24) is 14.9 Å². The van der Waals surface area contributed by atoms with Crippen LogP contribution in [0.3, 0.4) is 0 Å². The quantitative estimate of drug-likeness (QED) is 0.908. The molecule has 0 saturated heterocycles. The fourth-order valence-corrected chi connectivity index (χ4v) is 2.31. The summed E-state index contributed by atoms with van der Waals surface area (Å²) >= 11 is 1.42. The third kappa shape index (κ3) is 2.59. The van der Waals surface area contributed by atoms with Crippen LogP contribution in [0.15, 0.2) is 22.6 Å². The summed E-state index contributed by atoms with van der Waals surface area (Å²) in [5.74, 6) is -0.164. The zero-order valence-corrected chi connectivity index (χ0v) is 11.2. The first-order valence-corrected chi connectivity index (χ1v) is 6.71. The Hall–Kier alpha value is -1.69. The first-order chi connectivity index (χ1) is 8.61. The van der Waals surface area contributed by atoms with Crippen molar-refractivity contribution in [3.8, 4) is 0 Å². The number of nitrogens with one attached hydrogen (secondary N) is 1. The van der Waals surface area contributed by atoms with E-state index in [9.17, 15) is 9.59 Å². The highest BCUT2D eigenvalue weighted by molar-refractivity contribution is 7.16. The fourth-order valence-electron chi connectivity index (χ4n) is 1.58. The molecule has 1 N–H and O–H groups in total. The van der Waals surface area contributed by atoms with Crippen LogP contribution in [0, 0.1) is 0 Å². The molecular formula is C12H15N3O2S. The zero-order chi connectivity index (χ0) is 13.1.